The molecule has 0 saturated heterocycles. The van der Waals surface area contributed by atoms with Crippen LogP contribution < -0.4 is 15.4 Å². The third kappa shape index (κ3) is 3.06. The minimum absolute atomic E-state index is 0.353. The number of aromatic amines is 1. The summed E-state index contributed by atoms with van der Waals surface area (Å²) in [7, 11) is 1.57. The summed E-state index contributed by atoms with van der Waals surface area (Å²) in [4.78, 5) is 13.5. The van der Waals surface area contributed by atoms with Crippen molar-refractivity contribution < 1.29 is 9.53 Å². The van der Waals surface area contributed by atoms with Gasteiger partial charge in [-0.2, -0.15) is 5.21 Å². The zero-order valence-electron chi connectivity index (χ0n) is 12.6. The van der Waals surface area contributed by atoms with Crippen LogP contribution in [-0.2, 0) is 0 Å². The second kappa shape index (κ2) is 6.67. The number of urea groups is 1. The zero-order valence-corrected chi connectivity index (χ0v) is 14.2. The smallest absolute Gasteiger partial charge is 0.323 e. The van der Waals surface area contributed by atoms with E-state index >= 15 is 0 Å². The van der Waals surface area contributed by atoms with Crippen molar-refractivity contribution >= 4 is 33.3 Å². The van der Waals surface area contributed by atoms with Gasteiger partial charge in [-0.1, -0.05) is 15.9 Å². The standard InChI is InChI=1S/C15H13BrN6O2/c1-24-11-5-3-10(4-6-11)22(15(17)23)13-7-2-9(16)8-12(13)14-18-20-21-19-14/h2-8H,1H3,(H2,17,23)(H,18,19,20,21). The number of primary amides is 1. The fourth-order valence-electron chi connectivity index (χ4n) is 2.27. The number of amides is 2. The maximum Gasteiger partial charge on any atom is 0.323 e. The fourth-order valence-corrected chi connectivity index (χ4v) is 2.64. The number of hydrogen-bond donors (Lipinski definition) is 2. The first-order chi connectivity index (χ1) is 11.6. The van der Waals surface area contributed by atoms with Crippen LogP contribution in [-0.4, -0.2) is 33.8 Å². The molecule has 1 heterocycles. The van der Waals surface area contributed by atoms with E-state index in [0.717, 1.165) is 4.47 Å². The normalized spacial score (nSPS) is 10.4. The van der Waals surface area contributed by atoms with Gasteiger partial charge >= 0.3 is 6.03 Å². The highest BCUT2D eigenvalue weighted by Crippen LogP contribution is 2.35. The van der Waals surface area contributed by atoms with Crippen LogP contribution in [0.15, 0.2) is 46.9 Å². The van der Waals surface area contributed by atoms with Gasteiger partial charge in [0.05, 0.1) is 18.5 Å². The molecule has 122 valence electrons. The minimum Gasteiger partial charge on any atom is -0.497 e. The number of nitrogens with zero attached hydrogens (tertiary/aromatic N) is 4. The van der Waals surface area contributed by atoms with E-state index in [2.05, 4.69) is 36.6 Å². The van der Waals surface area contributed by atoms with E-state index in [1.807, 2.05) is 0 Å². The molecule has 0 radical (unpaired) electrons. The van der Waals surface area contributed by atoms with Gasteiger partial charge < -0.3 is 10.5 Å². The van der Waals surface area contributed by atoms with E-state index < -0.39 is 6.03 Å². The fraction of sp³-hybridized carbons (Fsp3) is 0.0667. The minimum atomic E-state index is -0.632. The average Bonchev–Trinajstić information content (AvgIpc) is 3.11. The number of carbonyl (C=O) groups excluding carboxylic acids is 1. The van der Waals surface area contributed by atoms with Crippen LogP contribution in [0.3, 0.4) is 0 Å². The monoisotopic (exact) mass is 388 g/mol. The van der Waals surface area contributed by atoms with Crippen LogP contribution in [0.25, 0.3) is 11.4 Å². The molecule has 0 aliphatic heterocycles. The number of nitrogens with one attached hydrogen (secondary N) is 1. The van der Waals surface area contributed by atoms with Crippen molar-refractivity contribution in [2.75, 3.05) is 12.0 Å². The number of aromatic nitrogens is 4. The van der Waals surface area contributed by atoms with Gasteiger partial charge in [0.15, 0.2) is 0 Å². The molecule has 0 saturated carbocycles. The lowest BCUT2D eigenvalue weighted by Gasteiger charge is -2.23. The van der Waals surface area contributed by atoms with Gasteiger partial charge in [-0.15, -0.1) is 10.2 Å². The first kappa shape index (κ1) is 15.9. The molecule has 0 aliphatic rings. The lowest BCUT2D eigenvalue weighted by molar-refractivity contribution is 0.256. The van der Waals surface area contributed by atoms with Gasteiger partial charge in [0.25, 0.3) is 0 Å². The molecule has 3 rings (SSSR count). The topological polar surface area (TPSA) is 110 Å². The molecule has 0 atom stereocenters. The van der Waals surface area contributed by atoms with Gasteiger partial charge in [0, 0.05) is 10.0 Å². The molecule has 3 N–H and O–H groups in total. The quantitative estimate of drug-likeness (QED) is 0.713. The van der Waals surface area contributed by atoms with Crippen molar-refractivity contribution in [3.63, 3.8) is 0 Å². The second-order valence-electron chi connectivity index (χ2n) is 4.77. The highest BCUT2D eigenvalue weighted by atomic mass is 79.9. The highest BCUT2D eigenvalue weighted by Gasteiger charge is 2.21. The predicted molar refractivity (Wildman–Crippen MR) is 92.0 cm³/mol. The van der Waals surface area contributed by atoms with Crippen molar-refractivity contribution in [2.24, 2.45) is 5.73 Å². The number of benzene rings is 2. The molecule has 1 aromatic heterocycles. The van der Waals surface area contributed by atoms with Crippen molar-refractivity contribution in [3.05, 3.63) is 46.9 Å². The summed E-state index contributed by atoms with van der Waals surface area (Å²) < 4.78 is 5.95. The molecule has 0 aliphatic carbocycles. The zero-order chi connectivity index (χ0) is 17.1. The van der Waals surface area contributed by atoms with Gasteiger partial charge in [-0.25, -0.2) is 4.79 Å². The van der Waals surface area contributed by atoms with E-state index in [9.17, 15) is 4.79 Å². The van der Waals surface area contributed by atoms with Crippen molar-refractivity contribution in [3.8, 4) is 17.1 Å². The first-order valence-electron chi connectivity index (χ1n) is 6.87. The van der Waals surface area contributed by atoms with E-state index in [1.165, 1.54) is 4.90 Å². The summed E-state index contributed by atoms with van der Waals surface area (Å²) in [6.45, 7) is 0. The Labute approximate surface area is 145 Å². The number of halogens is 1. The van der Waals surface area contributed by atoms with E-state index in [-0.39, 0.29) is 0 Å². The Morgan fingerprint density at radius 1 is 1.25 bits per heavy atom. The number of carbonyl (C=O) groups is 1. The summed E-state index contributed by atoms with van der Waals surface area (Å²) >= 11 is 3.41. The summed E-state index contributed by atoms with van der Waals surface area (Å²) in [6.07, 6.45) is 0. The number of H-pyrrole nitrogens is 1. The van der Waals surface area contributed by atoms with Crippen LogP contribution in [0.2, 0.25) is 0 Å². The van der Waals surface area contributed by atoms with E-state index in [1.54, 1.807) is 49.6 Å². The first-order valence-corrected chi connectivity index (χ1v) is 7.66. The lowest BCUT2D eigenvalue weighted by atomic mass is 10.1. The Hall–Kier alpha value is -2.94. The third-order valence-electron chi connectivity index (χ3n) is 3.34. The maximum absolute atomic E-state index is 12.1. The molecule has 24 heavy (non-hydrogen) atoms. The molecule has 2 amide bonds. The molecule has 0 bridgehead atoms. The lowest BCUT2D eigenvalue weighted by Crippen LogP contribution is -2.31. The average molecular weight is 389 g/mol. The summed E-state index contributed by atoms with van der Waals surface area (Å²) in [5.74, 6) is 1.03. The van der Waals surface area contributed by atoms with Gasteiger partial charge in [-0.05, 0) is 47.7 Å². The number of ether oxygens (including phenoxy) is 1. The van der Waals surface area contributed by atoms with E-state index in [4.69, 9.17) is 10.5 Å². The molecule has 0 unspecified atom stereocenters. The van der Waals surface area contributed by atoms with Crippen LogP contribution in [0.4, 0.5) is 16.2 Å². The van der Waals surface area contributed by atoms with E-state index in [0.29, 0.717) is 28.5 Å². The molecular formula is C15H13BrN6O2. The summed E-state index contributed by atoms with van der Waals surface area (Å²) in [5.41, 5.74) is 7.35. The molecule has 9 heteroatoms. The Morgan fingerprint density at radius 2 is 2.00 bits per heavy atom. The molecule has 8 nitrogen and oxygen atoms in total. The van der Waals surface area contributed by atoms with Crippen molar-refractivity contribution in [1.82, 2.24) is 20.6 Å². The second-order valence-corrected chi connectivity index (χ2v) is 5.68. The Balaban J connectivity index is 2.14. The maximum atomic E-state index is 12.1. The third-order valence-corrected chi connectivity index (χ3v) is 3.83. The number of tetrazole rings is 1. The molecular weight excluding hydrogens is 376 g/mol. The number of anilines is 2. The van der Waals surface area contributed by atoms with Crippen molar-refractivity contribution in [2.45, 2.75) is 0 Å². The van der Waals surface area contributed by atoms with Gasteiger partial charge in [-0.3, -0.25) is 4.90 Å². The van der Waals surface area contributed by atoms with Crippen molar-refractivity contribution in [1.29, 1.82) is 0 Å². The van der Waals surface area contributed by atoms with Crippen LogP contribution >= 0.6 is 15.9 Å². The summed E-state index contributed by atoms with van der Waals surface area (Å²) in [5, 5.41) is 13.9. The van der Waals surface area contributed by atoms with Gasteiger partial charge in [0.2, 0.25) is 5.82 Å². The van der Waals surface area contributed by atoms with Gasteiger partial charge in [0.1, 0.15) is 5.75 Å². The molecule has 0 spiro atoms. The molecule has 3 aromatic rings. The SMILES string of the molecule is COc1ccc(N(C(N)=O)c2ccc(Br)cc2-c2nn[nH]n2)cc1. The predicted octanol–water partition coefficient (Wildman–Crippen LogP) is 2.85. The Morgan fingerprint density at radius 3 is 2.58 bits per heavy atom. The number of rotatable bonds is 4. The summed E-state index contributed by atoms with van der Waals surface area (Å²) in [6, 6.07) is 11.7. The Kier molecular flexibility index (Phi) is 4.43. The van der Waals surface area contributed by atoms with Crippen LogP contribution in [0.1, 0.15) is 0 Å². The molecule has 2 aromatic carbocycles. The Bertz CT molecular complexity index is 851. The number of methoxy groups -OCH3 is 1. The van der Waals surface area contributed by atoms with Crippen LogP contribution in [0, 0.1) is 0 Å². The molecule has 0 fully saturated rings. The van der Waals surface area contributed by atoms with Crippen LogP contribution in [0.5, 0.6) is 5.75 Å². The number of nitrogens with two attached hydrogens (primary N) is 1. The largest absolute Gasteiger partial charge is 0.497 e. The highest BCUT2D eigenvalue weighted by molar-refractivity contribution is 9.10. The number of hydrogen-bond acceptors (Lipinski definition) is 5.